The van der Waals surface area contributed by atoms with Gasteiger partial charge in [0.15, 0.2) is 0 Å². The number of nitro benzene ring substituents is 1. The topological polar surface area (TPSA) is 72.2 Å². The van der Waals surface area contributed by atoms with Gasteiger partial charge in [-0.15, -0.1) is 0 Å². The summed E-state index contributed by atoms with van der Waals surface area (Å²) < 4.78 is 0. The van der Waals surface area contributed by atoms with Crippen LogP contribution in [0.1, 0.15) is 50.4 Å². The van der Waals surface area contributed by atoms with E-state index in [4.69, 9.17) is 11.6 Å². The number of amides is 1. The van der Waals surface area contributed by atoms with Gasteiger partial charge in [-0.25, -0.2) is 0 Å². The predicted molar refractivity (Wildman–Crippen MR) is 79.2 cm³/mol. The normalized spacial score (nSPS) is 11.2. The minimum absolute atomic E-state index is 0.139. The first-order valence-corrected chi connectivity index (χ1v) is 7.03. The van der Waals surface area contributed by atoms with Crippen molar-refractivity contribution in [3.05, 3.63) is 38.9 Å². The van der Waals surface area contributed by atoms with Gasteiger partial charge >= 0.3 is 0 Å². The number of rotatable bonds is 6. The number of hydrogen-bond donors (Lipinski definition) is 1. The fourth-order valence-corrected chi connectivity index (χ4v) is 2.33. The number of benzene rings is 1. The largest absolute Gasteiger partial charge is 0.347 e. The third-order valence-corrected chi connectivity index (χ3v) is 4.14. The van der Waals surface area contributed by atoms with Crippen LogP contribution in [0.15, 0.2) is 18.2 Å². The van der Waals surface area contributed by atoms with Crippen LogP contribution in [0.25, 0.3) is 0 Å². The van der Waals surface area contributed by atoms with E-state index in [9.17, 15) is 14.9 Å². The number of hydrogen-bond acceptors (Lipinski definition) is 3. The lowest BCUT2D eigenvalue weighted by Crippen LogP contribution is -2.47. The van der Waals surface area contributed by atoms with Crippen molar-refractivity contribution in [3.8, 4) is 0 Å². The van der Waals surface area contributed by atoms with Crippen molar-refractivity contribution in [3.63, 3.8) is 0 Å². The molecule has 0 unspecified atom stereocenters. The predicted octanol–water partition coefficient (Wildman–Crippen LogP) is 3.95. The average molecular weight is 299 g/mol. The molecule has 1 rings (SSSR count). The molecule has 20 heavy (non-hydrogen) atoms. The molecule has 0 bridgehead atoms. The zero-order valence-electron chi connectivity index (χ0n) is 11.9. The van der Waals surface area contributed by atoms with Crippen LogP contribution in [0.2, 0.25) is 5.02 Å². The summed E-state index contributed by atoms with van der Waals surface area (Å²) in [5.74, 6) is -0.371. The molecule has 1 N–H and O–H groups in total. The van der Waals surface area contributed by atoms with E-state index in [1.807, 2.05) is 20.8 Å². The second kappa shape index (κ2) is 6.70. The Balaban J connectivity index is 3.08. The summed E-state index contributed by atoms with van der Waals surface area (Å²) in [5.41, 5.74) is -0.305. The molecule has 0 fully saturated rings. The summed E-state index contributed by atoms with van der Waals surface area (Å²) in [6, 6.07) is 3.87. The molecule has 110 valence electrons. The van der Waals surface area contributed by atoms with Crippen LogP contribution in [0, 0.1) is 10.1 Å². The minimum atomic E-state index is -0.542. The smallest absolute Gasteiger partial charge is 0.270 e. The van der Waals surface area contributed by atoms with E-state index in [2.05, 4.69) is 5.32 Å². The van der Waals surface area contributed by atoms with Crippen molar-refractivity contribution in [2.24, 2.45) is 0 Å². The number of non-ortho nitro benzene ring substituents is 1. The molecule has 0 atom stereocenters. The zero-order chi connectivity index (χ0) is 15.3. The van der Waals surface area contributed by atoms with E-state index >= 15 is 0 Å². The highest BCUT2D eigenvalue weighted by molar-refractivity contribution is 6.34. The van der Waals surface area contributed by atoms with E-state index in [1.165, 1.54) is 18.2 Å². The van der Waals surface area contributed by atoms with Gasteiger partial charge in [0.2, 0.25) is 0 Å². The lowest BCUT2D eigenvalue weighted by molar-refractivity contribution is -0.384. The molecule has 0 saturated carbocycles. The zero-order valence-corrected chi connectivity index (χ0v) is 12.7. The average Bonchev–Trinajstić information content (AvgIpc) is 2.45. The maximum Gasteiger partial charge on any atom is 0.270 e. The van der Waals surface area contributed by atoms with Gasteiger partial charge in [-0.05, 0) is 25.3 Å². The highest BCUT2D eigenvalue weighted by Gasteiger charge is 2.27. The van der Waals surface area contributed by atoms with Crippen molar-refractivity contribution in [2.45, 2.75) is 45.6 Å². The maximum absolute atomic E-state index is 12.3. The highest BCUT2D eigenvalue weighted by atomic mass is 35.5. The van der Waals surface area contributed by atoms with Crippen LogP contribution in [-0.2, 0) is 0 Å². The fraction of sp³-hybridized carbons (Fsp3) is 0.500. The van der Waals surface area contributed by atoms with E-state index in [0.29, 0.717) is 0 Å². The molecule has 5 nitrogen and oxygen atoms in total. The molecular formula is C14H19ClN2O3. The molecule has 6 heteroatoms. The molecule has 0 saturated heterocycles. The number of nitro groups is 1. The summed E-state index contributed by atoms with van der Waals surface area (Å²) in [5, 5.41) is 13.9. The van der Waals surface area contributed by atoms with Gasteiger partial charge in [-0.2, -0.15) is 0 Å². The Bertz CT molecular complexity index is 505. The summed E-state index contributed by atoms with van der Waals surface area (Å²) >= 11 is 5.97. The maximum atomic E-state index is 12.3. The molecular weight excluding hydrogens is 280 g/mol. The van der Waals surface area contributed by atoms with Gasteiger partial charge in [-0.1, -0.05) is 32.4 Å². The van der Waals surface area contributed by atoms with Gasteiger partial charge in [0, 0.05) is 17.7 Å². The molecule has 0 aliphatic carbocycles. The number of carbonyl (C=O) groups is 1. The molecule has 0 radical (unpaired) electrons. The third-order valence-electron chi connectivity index (χ3n) is 3.81. The second-order valence-electron chi connectivity index (χ2n) is 4.72. The van der Waals surface area contributed by atoms with Crippen molar-refractivity contribution in [1.82, 2.24) is 5.32 Å². The van der Waals surface area contributed by atoms with Crippen LogP contribution < -0.4 is 5.32 Å². The second-order valence-corrected chi connectivity index (χ2v) is 5.12. The Labute approximate surface area is 123 Å². The standard InChI is InChI=1S/C14H19ClN2O3/c1-4-14(5-2,6-3)16-13(18)11-9-10(17(19)20)7-8-12(11)15/h7-9H,4-6H2,1-3H3,(H,16,18). The van der Waals surface area contributed by atoms with Crippen LogP contribution in [0.4, 0.5) is 5.69 Å². The molecule has 0 spiro atoms. The quantitative estimate of drug-likeness (QED) is 0.638. The minimum Gasteiger partial charge on any atom is -0.347 e. The summed E-state index contributed by atoms with van der Waals surface area (Å²) in [4.78, 5) is 22.5. The summed E-state index contributed by atoms with van der Waals surface area (Å²) in [6.07, 6.45) is 2.37. The van der Waals surface area contributed by atoms with Crippen LogP contribution in [0.3, 0.4) is 0 Å². The van der Waals surface area contributed by atoms with Crippen LogP contribution >= 0.6 is 11.6 Å². The molecule has 0 aliphatic rings. The lowest BCUT2D eigenvalue weighted by atomic mass is 9.89. The van der Waals surface area contributed by atoms with Gasteiger partial charge in [0.1, 0.15) is 0 Å². The van der Waals surface area contributed by atoms with Crippen LogP contribution in [-0.4, -0.2) is 16.4 Å². The Morgan fingerprint density at radius 1 is 1.30 bits per heavy atom. The molecule has 0 aliphatic heterocycles. The van der Waals surface area contributed by atoms with Crippen molar-refractivity contribution >= 4 is 23.2 Å². The SMILES string of the molecule is CCC(CC)(CC)NC(=O)c1cc([N+](=O)[O-])ccc1Cl. The summed E-state index contributed by atoms with van der Waals surface area (Å²) in [7, 11) is 0. The fourth-order valence-electron chi connectivity index (χ4n) is 2.12. The van der Waals surface area contributed by atoms with E-state index in [0.717, 1.165) is 19.3 Å². The first kappa shape index (κ1) is 16.4. The van der Waals surface area contributed by atoms with Crippen molar-refractivity contribution in [1.29, 1.82) is 0 Å². The van der Waals surface area contributed by atoms with Gasteiger partial charge in [0.25, 0.3) is 11.6 Å². The first-order valence-electron chi connectivity index (χ1n) is 6.65. The number of nitrogens with one attached hydrogen (secondary N) is 1. The van der Waals surface area contributed by atoms with E-state index in [-0.39, 0.29) is 27.7 Å². The third kappa shape index (κ3) is 3.48. The van der Waals surface area contributed by atoms with Crippen molar-refractivity contribution in [2.75, 3.05) is 0 Å². The molecule has 1 amide bonds. The monoisotopic (exact) mass is 298 g/mol. The Hall–Kier alpha value is -1.62. The number of carbonyl (C=O) groups excluding carboxylic acids is 1. The van der Waals surface area contributed by atoms with Crippen LogP contribution in [0.5, 0.6) is 0 Å². The van der Waals surface area contributed by atoms with Gasteiger partial charge in [0.05, 0.1) is 15.5 Å². The lowest BCUT2D eigenvalue weighted by Gasteiger charge is -2.31. The number of halogens is 1. The number of nitrogens with zero attached hydrogens (tertiary/aromatic N) is 1. The Kier molecular flexibility index (Phi) is 5.51. The molecule has 0 aromatic heterocycles. The van der Waals surface area contributed by atoms with Gasteiger partial charge < -0.3 is 5.32 Å². The molecule has 1 aromatic carbocycles. The van der Waals surface area contributed by atoms with Crippen molar-refractivity contribution < 1.29 is 9.72 Å². The van der Waals surface area contributed by atoms with E-state index < -0.39 is 4.92 Å². The Morgan fingerprint density at radius 2 is 1.85 bits per heavy atom. The first-order chi connectivity index (χ1) is 9.39. The molecule has 0 heterocycles. The molecule has 1 aromatic rings. The van der Waals surface area contributed by atoms with Gasteiger partial charge in [-0.3, -0.25) is 14.9 Å². The van der Waals surface area contributed by atoms with E-state index in [1.54, 1.807) is 0 Å². The highest BCUT2D eigenvalue weighted by Crippen LogP contribution is 2.25. The Morgan fingerprint density at radius 3 is 2.30 bits per heavy atom. The summed E-state index contributed by atoms with van der Waals surface area (Å²) in [6.45, 7) is 6.01.